The fraction of sp³-hybridized carbons (Fsp3) is 0.706. The predicted octanol–water partition coefficient (Wildman–Crippen LogP) is 3.37. The summed E-state index contributed by atoms with van der Waals surface area (Å²) in [5.74, 6) is 0.832. The van der Waals surface area contributed by atoms with Crippen molar-refractivity contribution in [2.75, 3.05) is 7.05 Å². The summed E-state index contributed by atoms with van der Waals surface area (Å²) < 4.78 is 0. The standard InChI is InChI=1S/C17H29N3/c1-4-15(18)17(16-10-5-6-11-19-16)20(3)14-9-7-8-13(2)12-14/h5-6,10-11,13-15,17H,4,7-9,12,18H2,1-3H3. The van der Waals surface area contributed by atoms with Crippen LogP contribution in [0.15, 0.2) is 24.4 Å². The number of aromatic nitrogens is 1. The zero-order valence-electron chi connectivity index (χ0n) is 13.1. The molecule has 3 nitrogen and oxygen atoms in total. The molecule has 20 heavy (non-hydrogen) atoms. The van der Waals surface area contributed by atoms with Gasteiger partial charge < -0.3 is 5.73 Å². The lowest BCUT2D eigenvalue weighted by atomic mass is 9.85. The quantitative estimate of drug-likeness (QED) is 0.896. The maximum Gasteiger partial charge on any atom is 0.0673 e. The van der Waals surface area contributed by atoms with E-state index in [1.807, 2.05) is 12.3 Å². The van der Waals surface area contributed by atoms with Crippen molar-refractivity contribution in [2.45, 2.75) is 64.1 Å². The minimum atomic E-state index is 0.145. The number of nitrogens with zero attached hydrogens (tertiary/aromatic N) is 2. The molecule has 4 unspecified atom stereocenters. The number of nitrogens with two attached hydrogens (primary N) is 1. The van der Waals surface area contributed by atoms with Gasteiger partial charge in [-0.2, -0.15) is 0 Å². The van der Waals surface area contributed by atoms with Crippen LogP contribution < -0.4 is 5.73 Å². The van der Waals surface area contributed by atoms with E-state index >= 15 is 0 Å². The van der Waals surface area contributed by atoms with Crippen molar-refractivity contribution in [3.05, 3.63) is 30.1 Å². The number of pyridine rings is 1. The highest BCUT2D eigenvalue weighted by molar-refractivity contribution is 5.12. The number of likely N-dealkylation sites (N-methyl/N-ethyl adjacent to an activating group) is 1. The molecule has 1 fully saturated rings. The summed E-state index contributed by atoms with van der Waals surface area (Å²) in [5, 5.41) is 0. The first-order valence-electron chi connectivity index (χ1n) is 8.02. The Labute approximate surface area is 123 Å². The molecule has 0 aromatic carbocycles. The average Bonchev–Trinajstić information content (AvgIpc) is 2.48. The molecule has 0 radical (unpaired) electrons. The summed E-state index contributed by atoms with van der Waals surface area (Å²) in [6, 6.07) is 7.17. The first-order chi connectivity index (χ1) is 9.63. The van der Waals surface area contributed by atoms with Crippen molar-refractivity contribution >= 4 is 0 Å². The van der Waals surface area contributed by atoms with Gasteiger partial charge in [0.15, 0.2) is 0 Å². The molecule has 1 aromatic rings. The Kier molecular flexibility index (Phi) is 5.55. The van der Waals surface area contributed by atoms with Crippen molar-refractivity contribution in [3.63, 3.8) is 0 Å². The predicted molar refractivity (Wildman–Crippen MR) is 84.4 cm³/mol. The summed E-state index contributed by atoms with van der Waals surface area (Å²) >= 11 is 0. The third kappa shape index (κ3) is 3.58. The van der Waals surface area contributed by atoms with Gasteiger partial charge >= 0.3 is 0 Å². The van der Waals surface area contributed by atoms with Crippen LogP contribution in [0.25, 0.3) is 0 Å². The lowest BCUT2D eigenvalue weighted by Gasteiger charge is -2.40. The molecule has 1 aromatic heterocycles. The second kappa shape index (κ2) is 7.19. The van der Waals surface area contributed by atoms with Gasteiger partial charge in [-0.15, -0.1) is 0 Å². The molecular weight excluding hydrogens is 246 g/mol. The molecule has 2 rings (SSSR count). The summed E-state index contributed by atoms with van der Waals surface area (Å²) in [6.45, 7) is 4.54. The highest BCUT2D eigenvalue weighted by atomic mass is 15.2. The molecule has 1 aliphatic rings. The van der Waals surface area contributed by atoms with Gasteiger partial charge in [-0.25, -0.2) is 0 Å². The molecule has 1 heterocycles. The smallest absolute Gasteiger partial charge is 0.0673 e. The third-order valence-corrected chi connectivity index (χ3v) is 4.79. The summed E-state index contributed by atoms with van der Waals surface area (Å²) in [6.07, 6.45) is 8.15. The topological polar surface area (TPSA) is 42.1 Å². The molecule has 2 N–H and O–H groups in total. The highest BCUT2D eigenvalue weighted by Crippen LogP contribution is 2.32. The van der Waals surface area contributed by atoms with Gasteiger partial charge in [0.2, 0.25) is 0 Å². The van der Waals surface area contributed by atoms with Crippen LogP contribution in [0.4, 0.5) is 0 Å². The second-order valence-electron chi connectivity index (χ2n) is 6.36. The molecule has 0 aliphatic heterocycles. The Balaban J connectivity index is 2.18. The number of rotatable bonds is 5. The van der Waals surface area contributed by atoms with Crippen LogP contribution in [0.1, 0.15) is 57.7 Å². The van der Waals surface area contributed by atoms with Gasteiger partial charge in [0.05, 0.1) is 11.7 Å². The van der Waals surface area contributed by atoms with Crippen molar-refractivity contribution < 1.29 is 0 Å². The monoisotopic (exact) mass is 275 g/mol. The Morgan fingerprint density at radius 3 is 2.80 bits per heavy atom. The van der Waals surface area contributed by atoms with E-state index in [0.29, 0.717) is 6.04 Å². The van der Waals surface area contributed by atoms with E-state index in [4.69, 9.17) is 5.73 Å². The van der Waals surface area contributed by atoms with E-state index in [1.165, 1.54) is 25.7 Å². The Morgan fingerprint density at radius 2 is 2.20 bits per heavy atom. The van der Waals surface area contributed by atoms with Gasteiger partial charge in [0.25, 0.3) is 0 Å². The average molecular weight is 275 g/mol. The Morgan fingerprint density at radius 1 is 1.40 bits per heavy atom. The third-order valence-electron chi connectivity index (χ3n) is 4.79. The molecule has 0 bridgehead atoms. The normalized spacial score (nSPS) is 26.4. The summed E-state index contributed by atoms with van der Waals surface area (Å²) in [7, 11) is 2.23. The van der Waals surface area contributed by atoms with Gasteiger partial charge in [-0.05, 0) is 44.4 Å². The van der Waals surface area contributed by atoms with Crippen LogP contribution in [-0.2, 0) is 0 Å². The van der Waals surface area contributed by atoms with Crippen LogP contribution in [0.5, 0.6) is 0 Å². The van der Waals surface area contributed by atoms with Crippen molar-refractivity contribution in [1.82, 2.24) is 9.88 Å². The van der Waals surface area contributed by atoms with Gasteiger partial charge in [-0.1, -0.05) is 32.8 Å². The summed E-state index contributed by atoms with van der Waals surface area (Å²) in [4.78, 5) is 7.05. The van der Waals surface area contributed by atoms with Crippen molar-refractivity contribution in [2.24, 2.45) is 11.7 Å². The fourth-order valence-corrected chi connectivity index (χ4v) is 3.50. The number of hydrogen-bond donors (Lipinski definition) is 1. The largest absolute Gasteiger partial charge is 0.326 e. The molecule has 1 aliphatic carbocycles. The summed E-state index contributed by atoms with van der Waals surface area (Å²) in [5.41, 5.74) is 7.52. The Bertz CT molecular complexity index is 392. The lowest BCUT2D eigenvalue weighted by molar-refractivity contribution is 0.0998. The molecule has 3 heteroatoms. The molecular formula is C17H29N3. The van der Waals surface area contributed by atoms with E-state index < -0.39 is 0 Å². The van der Waals surface area contributed by atoms with Crippen LogP contribution in [0.2, 0.25) is 0 Å². The van der Waals surface area contributed by atoms with Crippen molar-refractivity contribution in [3.8, 4) is 0 Å². The molecule has 4 atom stereocenters. The lowest BCUT2D eigenvalue weighted by Crippen LogP contribution is -2.45. The van der Waals surface area contributed by atoms with Crippen LogP contribution >= 0.6 is 0 Å². The van der Waals surface area contributed by atoms with Crippen LogP contribution in [0.3, 0.4) is 0 Å². The van der Waals surface area contributed by atoms with E-state index in [9.17, 15) is 0 Å². The molecule has 0 spiro atoms. The molecule has 0 saturated heterocycles. The van der Waals surface area contributed by atoms with Gasteiger partial charge in [0, 0.05) is 18.3 Å². The van der Waals surface area contributed by atoms with Crippen LogP contribution in [-0.4, -0.2) is 29.0 Å². The van der Waals surface area contributed by atoms with E-state index in [-0.39, 0.29) is 12.1 Å². The van der Waals surface area contributed by atoms with Crippen molar-refractivity contribution in [1.29, 1.82) is 0 Å². The second-order valence-corrected chi connectivity index (χ2v) is 6.36. The van der Waals surface area contributed by atoms with E-state index in [2.05, 4.69) is 42.9 Å². The van der Waals surface area contributed by atoms with E-state index in [0.717, 1.165) is 18.0 Å². The first-order valence-corrected chi connectivity index (χ1v) is 8.02. The first kappa shape index (κ1) is 15.5. The van der Waals surface area contributed by atoms with E-state index in [1.54, 1.807) is 0 Å². The van der Waals surface area contributed by atoms with Gasteiger partial charge in [0.1, 0.15) is 0 Å². The maximum atomic E-state index is 6.41. The fourth-order valence-electron chi connectivity index (χ4n) is 3.50. The maximum absolute atomic E-state index is 6.41. The van der Waals surface area contributed by atoms with Crippen LogP contribution in [0, 0.1) is 5.92 Å². The molecule has 0 amide bonds. The Hall–Kier alpha value is -0.930. The zero-order valence-corrected chi connectivity index (χ0v) is 13.1. The zero-order chi connectivity index (χ0) is 14.5. The molecule has 112 valence electrons. The molecule has 1 saturated carbocycles. The highest BCUT2D eigenvalue weighted by Gasteiger charge is 2.31. The minimum Gasteiger partial charge on any atom is -0.326 e. The minimum absolute atomic E-state index is 0.145. The van der Waals surface area contributed by atoms with Gasteiger partial charge in [-0.3, -0.25) is 9.88 Å². The SMILES string of the molecule is CCC(N)C(c1ccccn1)N(C)C1CCCC(C)C1. The number of hydrogen-bond acceptors (Lipinski definition) is 3.